The molecule has 0 fully saturated rings. The highest BCUT2D eigenvalue weighted by atomic mass is 16.5. The third-order valence-electron chi connectivity index (χ3n) is 3.41. The Balaban J connectivity index is 3.39. The van der Waals surface area contributed by atoms with Crippen LogP contribution in [-0.2, 0) is 19.1 Å². The molecular weight excluding hydrogens is 268 g/mol. The molecule has 21 heavy (non-hydrogen) atoms. The molecule has 0 aliphatic heterocycles. The quantitative estimate of drug-likeness (QED) is 0.377. The predicted molar refractivity (Wildman–Crippen MR) is 84.0 cm³/mol. The minimum absolute atomic E-state index is 0.110. The van der Waals surface area contributed by atoms with Crippen molar-refractivity contribution in [2.45, 2.75) is 78.6 Å². The summed E-state index contributed by atoms with van der Waals surface area (Å²) in [5.74, 6) is 0.340. The fraction of sp³-hybridized carbons (Fsp3) is 0.882. The summed E-state index contributed by atoms with van der Waals surface area (Å²) >= 11 is 0. The van der Waals surface area contributed by atoms with Crippen molar-refractivity contribution in [3.8, 4) is 0 Å². The maximum absolute atomic E-state index is 11.5. The summed E-state index contributed by atoms with van der Waals surface area (Å²) in [7, 11) is 0. The molecule has 0 amide bonds. The van der Waals surface area contributed by atoms with Crippen molar-refractivity contribution in [1.82, 2.24) is 0 Å². The van der Waals surface area contributed by atoms with Crippen LogP contribution >= 0.6 is 0 Å². The van der Waals surface area contributed by atoms with Crippen molar-refractivity contribution in [2.75, 3.05) is 13.2 Å². The van der Waals surface area contributed by atoms with Crippen molar-refractivity contribution < 1.29 is 19.1 Å². The number of ether oxygens (including phenoxy) is 2. The van der Waals surface area contributed by atoms with Gasteiger partial charge in [-0.1, -0.05) is 40.0 Å². The molecule has 0 aliphatic carbocycles. The molecule has 0 bridgehead atoms. The molecule has 0 aromatic carbocycles. The average Bonchev–Trinajstić information content (AvgIpc) is 2.46. The van der Waals surface area contributed by atoms with Crippen LogP contribution in [0.1, 0.15) is 78.6 Å². The van der Waals surface area contributed by atoms with Gasteiger partial charge >= 0.3 is 11.9 Å². The first-order chi connectivity index (χ1) is 10.1. The molecular formula is C17H32O4. The first-order valence-corrected chi connectivity index (χ1v) is 8.41. The highest BCUT2D eigenvalue weighted by Crippen LogP contribution is 2.14. The zero-order chi connectivity index (χ0) is 15.9. The normalized spacial score (nSPS) is 12.0. The lowest BCUT2D eigenvalue weighted by Gasteiger charge is -2.10. The van der Waals surface area contributed by atoms with Gasteiger partial charge in [0.25, 0.3) is 0 Å². The van der Waals surface area contributed by atoms with E-state index in [1.165, 1.54) is 19.3 Å². The number of hydrogen-bond donors (Lipinski definition) is 0. The molecule has 124 valence electrons. The second kappa shape index (κ2) is 13.9. The Bertz CT molecular complexity index is 276. The Kier molecular flexibility index (Phi) is 13.2. The Morgan fingerprint density at radius 2 is 1.38 bits per heavy atom. The van der Waals surface area contributed by atoms with Gasteiger partial charge in [0, 0.05) is 12.8 Å². The van der Waals surface area contributed by atoms with Gasteiger partial charge in [-0.15, -0.1) is 0 Å². The van der Waals surface area contributed by atoms with Gasteiger partial charge in [0.05, 0.1) is 13.2 Å². The Labute approximate surface area is 129 Å². The van der Waals surface area contributed by atoms with Crippen molar-refractivity contribution in [1.29, 1.82) is 0 Å². The molecule has 0 radical (unpaired) electrons. The molecule has 0 aliphatic rings. The second-order valence-electron chi connectivity index (χ2n) is 5.68. The zero-order valence-corrected chi connectivity index (χ0v) is 14.0. The number of carbonyl (C=O) groups excluding carboxylic acids is 2. The number of carbonyl (C=O) groups is 2. The summed E-state index contributed by atoms with van der Waals surface area (Å²) in [6, 6.07) is 0. The van der Waals surface area contributed by atoms with E-state index in [0.29, 0.717) is 32.0 Å². The van der Waals surface area contributed by atoms with Gasteiger partial charge in [0.2, 0.25) is 0 Å². The highest BCUT2D eigenvalue weighted by Gasteiger charge is 2.07. The van der Waals surface area contributed by atoms with Gasteiger partial charge in [-0.2, -0.15) is 0 Å². The highest BCUT2D eigenvalue weighted by molar-refractivity contribution is 5.69. The molecule has 0 saturated carbocycles. The van der Waals surface area contributed by atoms with Crippen molar-refractivity contribution in [3.63, 3.8) is 0 Å². The minimum Gasteiger partial charge on any atom is -0.466 e. The fourth-order valence-electron chi connectivity index (χ4n) is 1.99. The van der Waals surface area contributed by atoms with Crippen LogP contribution in [0, 0.1) is 5.92 Å². The van der Waals surface area contributed by atoms with Crippen LogP contribution in [0.15, 0.2) is 0 Å². The van der Waals surface area contributed by atoms with E-state index in [1.807, 2.05) is 6.92 Å². The van der Waals surface area contributed by atoms with E-state index in [4.69, 9.17) is 9.47 Å². The maximum Gasteiger partial charge on any atom is 0.305 e. The third kappa shape index (κ3) is 13.7. The molecule has 1 unspecified atom stereocenters. The molecule has 0 N–H and O–H groups in total. The van der Waals surface area contributed by atoms with Gasteiger partial charge in [-0.25, -0.2) is 0 Å². The van der Waals surface area contributed by atoms with Crippen LogP contribution in [0.3, 0.4) is 0 Å². The summed E-state index contributed by atoms with van der Waals surface area (Å²) in [5, 5.41) is 0. The summed E-state index contributed by atoms with van der Waals surface area (Å²) in [6.45, 7) is 7.16. The van der Waals surface area contributed by atoms with Crippen molar-refractivity contribution in [2.24, 2.45) is 5.92 Å². The molecule has 0 saturated heterocycles. The van der Waals surface area contributed by atoms with Gasteiger partial charge < -0.3 is 9.47 Å². The van der Waals surface area contributed by atoms with E-state index >= 15 is 0 Å². The zero-order valence-electron chi connectivity index (χ0n) is 14.0. The van der Waals surface area contributed by atoms with Crippen LogP contribution in [-0.4, -0.2) is 25.2 Å². The molecule has 1 atom stereocenters. The van der Waals surface area contributed by atoms with Crippen LogP contribution in [0.2, 0.25) is 0 Å². The molecule has 0 aromatic heterocycles. The van der Waals surface area contributed by atoms with Crippen LogP contribution in [0.4, 0.5) is 0 Å². The standard InChI is InChI=1S/C17H32O4/c1-4-6-10-15(3)11-12-17(19)21-14-8-7-13-20-16(18)9-5-2/h15H,4-14H2,1-3H3. The lowest BCUT2D eigenvalue weighted by molar-refractivity contribution is -0.146. The first kappa shape index (κ1) is 19.9. The van der Waals surface area contributed by atoms with Gasteiger partial charge in [0.1, 0.15) is 0 Å². The van der Waals surface area contributed by atoms with Gasteiger partial charge in [-0.05, 0) is 31.6 Å². The van der Waals surface area contributed by atoms with Crippen molar-refractivity contribution in [3.05, 3.63) is 0 Å². The smallest absolute Gasteiger partial charge is 0.305 e. The summed E-state index contributed by atoms with van der Waals surface area (Å²) in [4.78, 5) is 22.6. The molecule has 0 aromatic rings. The van der Waals surface area contributed by atoms with Gasteiger partial charge in [-0.3, -0.25) is 9.59 Å². The predicted octanol–water partition coefficient (Wildman–Crippen LogP) is 4.26. The van der Waals surface area contributed by atoms with Crippen LogP contribution < -0.4 is 0 Å². The van der Waals surface area contributed by atoms with E-state index in [9.17, 15) is 9.59 Å². The monoisotopic (exact) mass is 300 g/mol. The molecule has 0 rings (SSSR count). The topological polar surface area (TPSA) is 52.6 Å². The minimum atomic E-state index is -0.143. The second-order valence-corrected chi connectivity index (χ2v) is 5.68. The van der Waals surface area contributed by atoms with E-state index in [0.717, 1.165) is 25.7 Å². The van der Waals surface area contributed by atoms with E-state index < -0.39 is 0 Å². The Morgan fingerprint density at radius 3 is 1.90 bits per heavy atom. The van der Waals surface area contributed by atoms with Crippen LogP contribution in [0.25, 0.3) is 0 Å². The van der Waals surface area contributed by atoms with E-state index in [1.54, 1.807) is 0 Å². The average molecular weight is 300 g/mol. The van der Waals surface area contributed by atoms with E-state index in [-0.39, 0.29) is 11.9 Å². The fourth-order valence-corrected chi connectivity index (χ4v) is 1.99. The SMILES string of the molecule is CCCCC(C)CCC(=O)OCCCCOC(=O)CCC. The Hall–Kier alpha value is -1.06. The molecule has 0 spiro atoms. The third-order valence-corrected chi connectivity index (χ3v) is 3.41. The molecule has 4 heteroatoms. The number of rotatable bonds is 13. The summed E-state index contributed by atoms with van der Waals surface area (Å²) in [5.41, 5.74) is 0. The number of unbranched alkanes of at least 4 members (excludes halogenated alkanes) is 2. The largest absolute Gasteiger partial charge is 0.466 e. The van der Waals surface area contributed by atoms with Crippen molar-refractivity contribution >= 4 is 11.9 Å². The number of hydrogen-bond acceptors (Lipinski definition) is 4. The van der Waals surface area contributed by atoms with E-state index in [2.05, 4.69) is 13.8 Å². The number of esters is 2. The first-order valence-electron chi connectivity index (χ1n) is 8.41. The lowest BCUT2D eigenvalue weighted by Crippen LogP contribution is -2.09. The Morgan fingerprint density at radius 1 is 0.810 bits per heavy atom. The summed E-state index contributed by atoms with van der Waals surface area (Å²) in [6.07, 6.45) is 7.83. The molecule has 4 nitrogen and oxygen atoms in total. The van der Waals surface area contributed by atoms with Gasteiger partial charge in [0.15, 0.2) is 0 Å². The van der Waals surface area contributed by atoms with Crippen LogP contribution in [0.5, 0.6) is 0 Å². The maximum atomic E-state index is 11.5. The summed E-state index contributed by atoms with van der Waals surface area (Å²) < 4.78 is 10.2. The lowest BCUT2D eigenvalue weighted by atomic mass is 9.99. The molecule has 0 heterocycles.